The molecule has 5 heteroatoms. The van der Waals surface area contributed by atoms with E-state index in [2.05, 4.69) is 28.7 Å². The van der Waals surface area contributed by atoms with E-state index in [0.717, 1.165) is 11.4 Å². The summed E-state index contributed by atoms with van der Waals surface area (Å²) in [7, 11) is 0. The highest BCUT2D eigenvalue weighted by Crippen LogP contribution is 2.30. The number of anilines is 1. The van der Waals surface area contributed by atoms with Crippen LogP contribution in [0.2, 0.25) is 0 Å². The fourth-order valence-electron chi connectivity index (χ4n) is 2.18. The first-order chi connectivity index (χ1) is 10.2. The van der Waals surface area contributed by atoms with Crippen LogP contribution < -0.4 is 5.32 Å². The van der Waals surface area contributed by atoms with Gasteiger partial charge >= 0.3 is 5.97 Å². The number of aromatic nitrogens is 1. The van der Waals surface area contributed by atoms with E-state index in [1.807, 2.05) is 25.1 Å². The summed E-state index contributed by atoms with van der Waals surface area (Å²) < 4.78 is 9.40. The van der Waals surface area contributed by atoms with E-state index in [-0.39, 0.29) is 12.0 Å². The summed E-state index contributed by atoms with van der Waals surface area (Å²) in [5.41, 5.74) is 2.46. The molecule has 1 atom stereocenters. The fraction of sp³-hybridized carbons (Fsp3) is 0.375. The van der Waals surface area contributed by atoms with Gasteiger partial charge in [0.05, 0.1) is 18.3 Å². The molecule has 1 heterocycles. The zero-order valence-corrected chi connectivity index (χ0v) is 13.4. The predicted molar refractivity (Wildman–Crippen MR) is 85.9 cm³/mol. The molecule has 0 bridgehead atoms. The predicted octanol–water partition coefficient (Wildman–Crippen LogP) is 4.19. The number of ether oxygens (including phenoxy) is 1. The third-order valence-corrected chi connectivity index (χ3v) is 4.13. The van der Waals surface area contributed by atoms with Crippen LogP contribution in [0, 0.1) is 6.92 Å². The first-order valence-electron chi connectivity index (χ1n) is 7.12. The van der Waals surface area contributed by atoms with Crippen LogP contribution in [0.1, 0.15) is 47.9 Å². The molecule has 0 aliphatic heterocycles. The molecule has 2 aromatic rings. The lowest BCUT2D eigenvalue weighted by Crippen LogP contribution is -2.13. The molecule has 21 heavy (non-hydrogen) atoms. The second kappa shape index (κ2) is 7.22. The molecule has 0 fully saturated rings. The van der Waals surface area contributed by atoms with Crippen LogP contribution in [0.4, 0.5) is 5.00 Å². The summed E-state index contributed by atoms with van der Waals surface area (Å²) in [5, 5.41) is 4.21. The van der Waals surface area contributed by atoms with Gasteiger partial charge in [-0.25, -0.2) is 4.79 Å². The third-order valence-electron chi connectivity index (χ3n) is 3.26. The fourth-order valence-corrected chi connectivity index (χ4v) is 3.01. The van der Waals surface area contributed by atoms with Gasteiger partial charge in [0.25, 0.3) is 0 Å². The van der Waals surface area contributed by atoms with Crippen LogP contribution >= 0.6 is 11.5 Å². The number of hydrogen-bond donors (Lipinski definition) is 1. The summed E-state index contributed by atoms with van der Waals surface area (Å²) >= 11 is 1.31. The standard InChI is InChI=1S/C16H20N2O2S/c1-4-13(12-9-7-6-8-10-12)17-15-14(11(3)18-21-15)16(19)20-5-2/h6-10,13,17H,4-5H2,1-3H3. The zero-order valence-electron chi connectivity index (χ0n) is 12.6. The molecule has 1 aromatic carbocycles. The van der Waals surface area contributed by atoms with Crippen molar-refractivity contribution in [3.63, 3.8) is 0 Å². The number of benzene rings is 1. The van der Waals surface area contributed by atoms with Crippen LogP contribution in [0.3, 0.4) is 0 Å². The van der Waals surface area contributed by atoms with E-state index < -0.39 is 0 Å². The summed E-state index contributed by atoms with van der Waals surface area (Å²) in [6.07, 6.45) is 0.920. The summed E-state index contributed by atoms with van der Waals surface area (Å²) in [5.74, 6) is -0.311. The molecular formula is C16H20N2O2S. The third kappa shape index (κ3) is 3.61. The highest BCUT2D eigenvalue weighted by molar-refractivity contribution is 7.10. The number of nitrogens with one attached hydrogen (secondary N) is 1. The average Bonchev–Trinajstić information content (AvgIpc) is 2.86. The van der Waals surface area contributed by atoms with Crippen LogP contribution in [0.25, 0.3) is 0 Å². The van der Waals surface area contributed by atoms with Gasteiger partial charge in [-0.2, -0.15) is 4.37 Å². The minimum Gasteiger partial charge on any atom is -0.462 e. The number of carbonyl (C=O) groups is 1. The largest absolute Gasteiger partial charge is 0.462 e. The average molecular weight is 304 g/mol. The van der Waals surface area contributed by atoms with Crippen molar-refractivity contribution in [3.8, 4) is 0 Å². The maximum atomic E-state index is 12.1. The van der Waals surface area contributed by atoms with Crippen molar-refractivity contribution in [2.75, 3.05) is 11.9 Å². The Balaban J connectivity index is 2.24. The van der Waals surface area contributed by atoms with Gasteiger partial charge in [0, 0.05) is 0 Å². The SMILES string of the molecule is CCOC(=O)c1c(C)nsc1NC(CC)c1ccccc1. The van der Waals surface area contributed by atoms with E-state index >= 15 is 0 Å². The molecule has 4 nitrogen and oxygen atoms in total. The minimum atomic E-state index is -0.311. The summed E-state index contributed by atoms with van der Waals surface area (Å²) in [6, 6.07) is 10.3. The second-order valence-electron chi connectivity index (χ2n) is 4.71. The molecule has 0 aliphatic carbocycles. The number of rotatable bonds is 6. The number of esters is 1. The Morgan fingerprint density at radius 1 is 1.33 bits per heavy atom. The maximum Gasteiger partial charge on any atom is 0.343 e. The first kappa shape index (κ1) is 15.5. The topological polar surface area (TPSA) is 51.2 Å². The molecule has 0 saturated heterocycles. The van der Waals surface area contributed by atoms with Crippen molar-refractivity contribution in [1.29, 1.82) is 0 Å². The van der Waals surface area contributed by atoms with Gasteiger partial charge in [0.1, 0.15) is 10.6 Å². The number of hydrogen-bond acceptors (Lipinski definition) is 5. The van der Waals surface area contributed by atoms with E-state index in [1.165, 1.54) is 17.1 Å². The van der Waals surface area contributed by atoms with Gasteiger partial charge in [-0.1, -0.05) is 37.3 Å². The second-order valence-corrected chi connectivity index (χ2v) is 5.48. The van der Waals surface area contributed by atoms with Crippen molar-refractivity contribution < 1.29 is 9.53 Å². The number of aryl methyl sites for hydroxylation is 1. The van der Waals surface area contributed by atoms with Gasteiger partial charge < -0.3 is 10.1 Å². The Hall–Kier alpha value is -1.88. The van der Waals surface area contributed by atoms with Gasteiger partial charge in [0.15, 0.2) is 0 Å². The van der Waals surface area contributed by atoms with Gasteiger partial charge in [-0.15, -0.1) is 0 Å². The number of carbonyl (C=O) groups excluding carboxylic acids is 1. The Morgan fingerprint density at radius 3 is 2.67 bits per heavy atom. The van der Waals surface area contributed by atoms with Crippen molar-refractivity contribution in [3.05, 3.63) is 47.2 Å². The normalized spacial score (nSPS) is 12.0. The Kier molecular flexibility index (Phi) is 5.33. The van der Waals surface area contributed by atoms with Crippen molar-refractivity contribution in [2.24, 2.45) is 0 Å². The van der Waals surface area contributed by atoms with E-state index in [4.69, 9.17) is 4.74 Å². The molecule has 0 saturated carbocycles. The molecule has 2 rings (SSSR count). The zero-order chi connectivity index (χ0) is 15.2. The summed E-state index contributed by atoms with van der Waals surface area (Å²) in [6.45, 7) is 6.11. The lowest BCUT2D eigenvalue weighted by atomic mass is 10.0. The molecule has 0 amide bonds. The minimum absolute atomic E-state index is 0.152. The van der Waals surface area contributed by atoms with E-state index in [1.54, 1.807) is 6.92 Å². The molecule has 0 spiro atoms. The smallest absolute Gasteiger partial charge is 0.343 e. The monoisotopic (exact) mass is 304 g/mol. The quantitative estimate of drug-likeness (QED) is 0.813. The molecule has 0 radical (unpaired) electrons. The van der Waals surface area contributed by atoms with Crippen LogP contribution in [0.5, 0.6) is 0 Å². The summed E-state index contributed by atoms with van der Waals surface area (Å²) in [4.78, 5) is 12.1. The molecule has 112 valence electrons. The Morgan fingerprint density at radius 2 is 2.05 bits per heavy atom. The molecular weight excluding hydrogens is 284 g/mol. The first-order valence-corrected chi connectivity index (χ1v) is 7.89. The van der Waals surface area contributed by atoms with Gasteiger partial charge in [0.2, 0.25) is 0 Å². The van der Waals surface area contributed by atoms with Crippen molar-refractivity contribution in [1.82, 2.24) is 4.37 Å². The Labute approximate surface area is 129 Å². The maximum absolute atomic E-state index is 12.1. The van der Waals surface area contributed by atoms with Crippen molar-refractivity contribution in [2.45, 2.75) is 33.2 Å². The molecule has 1 aromatic heterocycles. The lowest BCUT2D eigenvalue weighted by Gasteiger charge is -2.18. The highest BCUT2D eigenvalue weighted by atomic mass is 32.1. The van der Waals surface area contributed by atoms with Gasteiger partial charge in [-0.05, 0) is 37.4 Å². The van der Waals surface area contributed by atoms with Gasteiger partial charge in [-0.3, -0.25) is 0 Å². The van der Waals surface area contributed by atoms with Crippen LogP contribution in [-0.2, 0) is 4.74 Å². The van der Waals surface area contributed by atoms with Crippen LogP contribution in [-0.4, -0.2) is 16.9 Å². The van der Waals surface area contributed by atoms with E-state index in [0.29, 0.717) is 17.9 Å². The molecule has 1 unspecified atom stereocenters. The number of nitrogens with zero attached hydrogens (tertiary/aromatic N) is 1. The van der Waals surface area contributed by atoms with Crippen LogP contribution in [0.15, 0.2) is 30.3 Å². The Bertz CT molecular complexity index is 596. The van der Waals surface area contributed by atoms with Crippen molar-refractivity contribution >= 4 is 22.5 Å². The molecule has 1 N–H and O–H groups in total. The highest BCUT2D eigenvalue weighted by Gasteiger charge is 2.21. The van der Waals surface area contributed by atoms with E-state index in [9.17, 15) is 4.79 Å². The lowest BCUT2D eigenvalue weighted by molar-refractivity contribution is 0.0527. The molecule has 0 aliphatic rings.